The molecule has 1 amide bonds. The van der Waals surface area contributed by atoms with Gasteiger partial charge in [-0.3, -0.25) is 4.79 Å². The number of nitrogens with zero attached hydrogens (tertiary/aromatic N) is 2. The van der Waals surface area contributed by atoms with E-state index in [1.54, 1.807) is 24.0 Å². The number of alkyl halides is 3. The minimum Gasteiger partial charge on any atom is -0.338 e. The van der Waals surface area contributed by atoms with E-state index < -0.39 is 11.7 Å². The topological polar surface area (TPSA) is 44.1 Å². The van der Waals surface area contributed by atoms with E-state index >= 15 is 0 Å². The highest BCUT2D eigenvalue weighted by Crippen LogP contribution is 2.33. The van der Waals surface area contributed by atoms with Crippen LogP contribution >= 0.6 is 11.8 Å². The van der Waals surface area contributed by atoms with Crippen LogP contribution < -0.4 is 0 Å². The molecule has 1 aliphatic rings. The van der Waals surface area contributed by atoms with E-state index in [2.05, 4.69) is 13.0 Å². The maximum atomic E-state index is 12.9. The second-order valence-corrected chi connectivity index (χ2v) is 8.70. The van der Waals surface area contributed by atoms with E-state index in [9.17, 15) is 23.2 Å². The van der Waals surface area contributed by atoms with Crippen LogP contribution in [0.25, 0.3) is 11.1 Å². The fourth-order valence-electron chi connectivity index (χ4n) is 3.51. The molecular formula is C23H23F3N2OS. The van der Waals surface area contributed by atoms with E-state index in [1.807, 2.05) is 11.8 Å². The molecular weight excluding hydrogens is 409 g/mol. The summed E-state index contributed by atoms with van der Waals surface area (Å²) in [4.78, 5) is 14.7. The summed E-state index contributed by atoms with van der Waals surface area (Å²) in [6, 6.07) is 10.1. The van der Waals surface area contributed by atoms with Gasteiger partial charge in [-0.25, -0.2) is 0 Å². The highest BCUT2D eigenvalue weighted by molar-refractivity contribution is 7.99. The molecule has 1 saturated heterocycles. The molecule has 0 bridgehead atoms. The van der Waals surface area contributed by atoms with Gasteiger partial charge in [0.2, 0.25) is 0 Å². The van der Waals surface area contributed by atoms with Crippen molar-refractivity contribution >= 4 is 17.7 Å². The minimum atomic E-state index is -4.41. The number of likely N-dealkylation sites (tertiary alicyclic amines) is 1. The Kier molecular flexibility index (Phi) is 6.77. The minimum absolute atomic E-state index is 0.0975. The van der Waals surface area contributed by atoms with Crippen LogP contribution in [0.15, 0.2) is 36.4 Å². The average molecular weight is 433 g/mol. The van der Waals surface area contributed by atoms with Crippen molar-refractivity contribution in [3.05, 3.63) is 58.7 Å². The van der Waals surface area contributed by atoms with Gasteiger partial charge in [-0.05, 0) is 65.8 Å². The third-order valence-corrected chi connectivity index (χ3v) is 6.59. The van der Waals surface area contributed by atoms with Gasteiger partial charge in [-0.1, -0.05) is 19.1 Å². The molecule has 2 aromatic rings. The first-order chi connectivity index (χ1) is 14.2. The molecule has 0 radical (unpaired) electrons. The molecule has 0 aromatic heterocycles. The van der Waals surface area contributed by atoms with Gasteiger partial charge < -0.3 is 4.90 Å². The van der Waals surface area contributed by atoms with Crippen molar-refractivity contribution in [2.24, 2.45) is 5.92 Å². The first kappa shape index (κ1) is 22.2. The molecule has 7 heteroatoms. The molecule has 3 rings (SSSR count). The van der Waals surface area contributed by atoms with Gasteiger partial charge in [-0.2, -0.15) is 30.2 Å². The molecule has 0 aliphatic carbocycles. The lowest BCUT2D eigenvalue weighted by Gasteiger charge is -2.39. The Bertz CT molecular complexity index is 958. The first-order valence-electron chi connectivity index (χ1n) is 9.84. The Balaban J connectivity index is 1.78. The summed E-state index contributed by atoms with van der Waals surface area (Å²) in [5.74, 6) is 2.58. The van der Waals surface area contributed by atoms with Crippen LogP contribution in [0.1, 0.15) is 40.4 Å². The van der Waals surface area contributed by atoms with E-state index in [0.29, 0.717) is 28.2 Å². The van der Waals surface area contributed by atoms with E-state index in [1.165, 1.54) is 12.1 Å². The maximum absolute atomic E-state index is 12.9. The molecule has 30 heavy (non-hydrogen) atoms. The number of carbonyl (C=O) groups excluding carboxylic acids is 1. The number of amides is 1. The largest absolute Gasteiger partial charge is 0.416 e. The maximum Gasteiger partial charge on any atom is 0.416 e. The second kappa shape index (κ2) is 9.13. The molecule has 1 heterocycles. The van der Waals surface area contributed by atoms with Gasteiger partial charge in [0.1, 0.15) is 0 Å². The molecule has 158 valence electrons. The Labute approximate surface area is 178 Å². The second-order valence-electron chi connectivity index (χ2n) is 7.55. The Morgan fingerprint density at radius 2 is 1.90 bits per heavy atom. The summed E-state index contributed by atoms with van der Waals surface area (Å²) in [5, 5.41) is 9.58. The van der Waals surface area contributed by atoms with Gasteiger partial charge in [-0.15, -0.1) is 0 Å². The molecule has 1 aliphatic heterocycles. The number of carbonyl (C=O) groups is 1. The predicted molar refractivity (Wildman–Crippen MR) is 113 cm³/mol. The summed E-state index contributed by atoms with van der Waals surface area (Å²) in [7, 11) is 0. The van der Waals surface area contributed by atoms with Crippen molar-refractivity contribution in [2.75, 3.05) is 24.6 Å². The van der Waals surface area contributed by atoms with Crippen molar-refractivity contribution in [2.45, 2.75) is 26.4 Å². The van der Waals surface area contributed by atoms with Gasteiger partial charge in [0, 0.05) is 24.6 Å². The van der Waals surface area contributed by atoms with E-state index in [4.69, 9.17) is 0 Å². The number of aryl methyl sites for hydroxylation is 1. The van der Waals surface area contributed by atoms with Crippen molar-refractivity contribution in [3.63, 3.8) is 0 Å². The number of hydrogen-bond acceptors (Lipinski definition) is 3. The first-order valence-corrected chi connectivity index (χ1v) is 11.0. The van der Waals surface area contributed by atoms with E-state index in [-0.39, 0.29) is 11.5 Å². The van der Waals surface area contributed by atoms with Gasteiger partial charge in [0.15, 0.2) is 0 Å². The fraction of sp³-hybridized carbons (Fsp3) is 0.391. The predicted octanol–water partition coefficient (Wildman–Crippen LogP) is 5.77. The highest BCUT2D eigenvalue weighted by Gasteiger charge is 2.32. The number of rotatable bonds is 6. The van der Waals surface area contributed by atoms with Crippen LogP contribution in [0, 0.1) is 24.2 Å². The third-order valence-electron chi connectivity index (χ3n) is 5.19. The van der Waals surface area contributed by atoms with Crippen LogP contribution in [0.5, 0.6) is 0 Å². The zero-order valence-electron chi connectivity index (χ0n) is 16.9. The van der Waals surface area contributed by atoms with Crippen LogP contribution in [0.3, 0.4) is 0 Å². The monoisotopic (exact) mass is 432 g/mol. The molecule has 1 fully saturated rings. The number of nitriles is 1. The lowest BCUT2D eigenvalue weighted by Crippen LogP contribution is -2.51. The zero-order valence-corrected chi connectivity index (χ0v) is 17.7. The molecule has 2 aromatic carbocycles. The molecule has 0 saturated carbocycles. The van der Waals surface area contributed by atoms with Crippen LogP contribution in [-0.2, 0) is 6.18 Å². The smallest absolute Gasteiger partial charge is 0.338 e. The fourth-order valence-corrected chi connectivity index (χ4v) is 4.51. The number of thioether (sulfide) groups is 1. The Morgan fingerprint density at radius 1 is 1.23 bits per heavy atom. The lowest BCUT2D eigenvalue weighted by atomic mass is 9.92. The van der Waals surface area contributed by atoms with Crippen molar-refractivity contribution in [1.29, 1.82) is 5.26 Å². The zero-order chi connectivity index (χ0) is 21.9. The molecule has 3 nitrogen and oxygen atoms in total. The number of hydrogen-bond donors (Lipinski definition) is 0. The summed E-state index contributed by atoms with van der Waals surface area (Å²) in [6.45, 7) is 5.37. The lowest BCUT2D eigenvalue weighted by molar-refractivity contribution is -0.137. The quantitative estimate of drug-likeness (QED) is 0.545. The normalized spacial score (nSPS) is 14.3. The average Bonchev–Trinajstić information content (AvgIpc) is 2.68. The molecule has 0 unspecified atom stereocenters. The van der Waals surface area contributed by atoms with Gasteiger partial charge in [0.05, 0.1) is 17.2 Å². The van der Waals surface area contributed by atoms with Crippen molar-refractivity contribution in [1.82, 2.24) is 4.90 Å². The third kappa shape index (κ3) is 4.81. The van der Waals surface area contributed by atoms with E-state index in [0.717, 1.165) is 43.1 Å². The van der Waals surface area contributed by atoms with Crippen LogP contribution in [-0.4, -0.2) is 35.4 Å². The number of halogens is 3. The summed E-state index contributed by atoms with van der Waals surface area (Å²) in [5.41, 5.74) is 1.76. The van der Waals surface area contributed by atoms with Crippen molar-refractivity contribution < 1.29 is 18.0 Å². The SMILES string of the molecule is CCCSCC1CN(C(=O)c2cc(C#N)c(-c3ccc(C(F)(F)F)cc3)cc2C)C1. The van der Waals surface area contributed by atoms with Crippen molar-refractivity contribution in [3.8, 4) is 17.2 Å². The summed E-state index contributed by atoms with van der Waals surface area (Å²) < 4.78 is 38.4. The van der Waals surface area contributed by atoms with Crippen LogP contribution in [0.4, 0.5) is 13.2 Å². The molecule has 0 spiro atoms. The number of benzene rings is 2. The molecule has 0 atom stereocenters. The van der Waals surface area contributed by atoms with Gasteiger partial charge >= 0.3 is 6.18 Å². The Morgan fingerprint density at radius 3 is 2.47 bits per heavy atom. The summed E-state index contributed by atoms with van der Waals surface area (Å²) in [6.07, 6.45) is -3.27. The van der Waals surface area contributed by atoms with Crippen LogP contribution in [0.2, 0.25) is 0 Å². The molecule has 0 N–H and O–H groups in total. The standard InChI is InChI=1S/C23H23F3N2OS/c1-3-8-30-14-16-12-28(13-16)22(29)20-10-18(11-27)21(9-15(20)2)17-4-6-19(7-5-17)23(24,25)26/h4-7,9-10,16H,3,8,12-14H2,1-2H3. The Hall–Kier alpha value is -2.46. The highest BCUT2D eigenvalue weighted by atomic mass is 32.2. The van der Waals surface area contributed by atoms with Gasteiger partial charge in [0.25, 0.3) is 5.91 Å². The summed E-state index contributed by atoms with van der Waals surface area (Å²) >= 11 is 1.91.